The van der Waals surface area contributed by atoms with Crippen LogP contribution >= 0.6 is 0 Å². The van der Waals surface area contributed by atoms with Gasteiger partial charge in [-0.1, -0.05) is 0 Å². The van der Waals surface area contributed by atoms with Gasteiger partial charge in [-0.2, -0.15) is 4.31 Å². The molecule has 0 radical (unpaired) electrons. The van der Waals surface area contributed by atoms with Crippen LogP contribution < -0.4 is 5.32 Å². The zero-order valence-electron chi connectivity index (χ0n) is 11.5. The van der Waals surface area contributed by atoms with Gasteiger partial charge in [0.2, 0.25) is 10.0 Å². The van der Waals surface area contributed by atoms with Gasteiger partial charge in [0.15, 0.2) is 0 Å². The maximum absolute atomic E-state index is 12.3. The van der Waals surface area contributed by atoms with Crippen molar-refractivity contribution in [1.82, 2.24) is 19.2 Å². The zero-order valence-corrected chi connectivity index (χ0v) is 12.4. The smallest absolute Gasteiger partial charge is 0.214 e. The molecule has 1 N–H and O–H groups in total. The Balaban J connectivity index is 1.96. The van der Waals surface area contributed by atoms with Gasteiger partial charge in [0.1, 0.15) is 5.82 Å². The van der Waals surface area contributed by atoms with Crippen molar-refractivity contribution in [3.8, 4) is 0 Å². The molecule has 1 aromatic heterocycles. The van der Waals surface area contributed by atoms with Crippen LogP contribution in [0.15, 0.2) is 12.4 Å². The summed E-state index contributed by atoms with van der Waals surface area (Å²) >= 11 is 0. The second-order valence-electron chi connectivity index (χ2n) is 5.18. The molecule has 0 amide bonds. The lowest BCUT2D eigenvalue weighted by molar-refractivity contribution is 0.386. The third-order valence-corrected chi connectivity index (χ3v) is 5.64. The summed E-state index contributed by atoms with van der Waals surface area (Å²) in [5, 5.41) is 3.25. The summed E-state index contributed by atoms with van der Waals surface area (Å²) in [4.78, 5) is 4.16. The Morgan fingerprint density at radius 3 is 2.74 bits per heavy atom. The van der Waals surface area contributed by atoms with Gasteiger partial charge in [-0.05, 0) is 31.8 Å². The van der Waals surface area contributed by atoms with Gasteiger partial charge >= 0.3 is 0 Å². The Morgan fingerprint density at radius 2 is 2.16 bits per heavy atom. The molecule has 1 fully saturated rings. The first-order chi connectivity index (χ1) is 8.99. The Labute approximate surface area is 114 Å². The number of nitrogens with zero attached hydrogens (tertiary/aromatic N) is 3. The molecule has 0 aliphatic carbocycles. The molecule has 2 rings (SSSR count). The van der Waals surface area contributed by atoms with Crippen molar-refractivity contribution in [2.45, 2.75) is 19.4 Å². The molecule has 1 aliphatic rings. The number of piperidine rings is 1. The number of sulfonamides is 1. The summed E-state index contributed by atoms with van der Waals surface area (Å²) in [7, 11) is 0.300. The highest BCUT2D eigenvalue weighted by molar-refractivity contribution is 7.89. The molecule has 0 unspecified atom stereocenters. The first-order valence-corrected chi connectivity index (χ1v) is 8.21. The molecule has 6 nitrogen and oxygen atoms in total. The molecular weight excluding hydrogens is 264 g/mol. The van der Waals surface area contributed by atoms with Crippen molar-refractivity contribution in [1.29, 1.82) is 0 Å². The van der Waals surface area contributed by atoms with Gasteiger partial charge in [0.05, 0.1) is 12.3 Å². The topological polar surface area (TPSA) is 67.2 Å². The summed E-state index contributed by atoms with van der Waals surface area (Å²) in [5.74, 6) is 1.28. The number of imidazole rings is 1. The Bertz CT molecular complexity index is 506. The van der Waals surface area contributed by atoms with E-state index in [-0.39, 0.29) is 11.7 Å². The zero-order chi connectivity index (χ0) is 13.9. The van der Waals surface area contributed by atoms with Gasteiger partial charge in [-0.3, -0.25) is 0 Å². The van der Waals surface area contributed by atoms with E-state index in [1.54, 1.807) is 13.2 Å². The third-order valence-electron chi connectivity index (χ3n) is 3.66. The Hall–Kier alpha value is -0.920. The quantitative estimate of drug-likeness (QED) is 0.838. The molecule has 1 aliphatic heterocycles. The molecule has 7 heteroatoms. The van der Waals surface area contributed by atoms with Crippen LogP contribution in [0.25, 0.3) is 0 Å². The highest BCUT2D eigenvalue weighted by atomic mass is 32.2. The van der Waals surface area contributed by atoms with Gasteiger partial charge in [0.25, 0.3) is 0 Å². The van der Waals surface area contributed by atoms with Crippen LogP contribution in [-0.2, 0) is 23.6 Å². The minimum absolute atomic E-state index is 0.246. The van der Waals surface area contributed by atoms with E-state index in [0.29, 0.717) is 6.54 Å². The minimum Gasteiger partial charge on any atom is -0.337 e. The van der Waals surface area contributed by atoms with Gasteiger partial charge < -0.3 is 9.88 Å². The Kier molecular flexibility index (Phi) is 4.59. The van der Waals surface area contributed by atoms with Crippen molar-refractivity contribution in [3.05, 3.63) is 18.2 Å². The molecule has 0 spiro atoms. The molecule has 1 aromatic rings. The fraction of sp³-hybridized carbons (Fsp3) is 0.750. The van der Waals surface area contributed by atoms with Gasteiger partial charge in [-0.15, -0.1) is 0 Å². The van der Waals surface area contributed by atoms with Crippen molar-refractivity contribution in [2.24, 2.45) is 13.0 Å². The highest BCUT2D eigenvalue weighted by Gasteiger charge is 2.25. The first-order valence-electron chi connectivity index (χ1n) is 6.60. The summed E-state index contributed by atoms with van der Waals surface area (Å²) in [6.07, 6.45) is 5.39. The lowest BCUT2D eigenvalue weighted by Crippen LogP contribution is -2.36. The van der Waals surface area contributed by atoms with E-state index in [4.69, 9.17) is 0 Å². The normalized spacial score (nSPS) is 18.1. The second kappa shape index (κ2) is 6.02. The van der Waals surface area contributed by atoms with E-state index in [1.165, 1.54) is 4.31 Å². The molecular formula is C12H22N4O2S. The number of hydrogen-bond donors (Lipinski definition) is 1. The molecule has 2 heterocycles. The Morgan fingerprint density at radius 1 is 1.47 bits per heavy atom. The fourth-order valence-corrected chi connectivity index (χ4v) is 3.82. The van der Waals surface area contributed by atoms with Crippen LogP contribution in [0.3, 0.4) is 0 Å². The first kappa shape index (κ1) is 14.5. The van der Waals surface area contributed by atoms with E-state index < -0.39 is 10.0 Å². The SMILES string of the molecule is CN(Cc1nccn1C)S(=O)(=O)CC1CCNCC1. The summed E-state index contributed by atoms with van der Waals surface area (Å²) in [6, 6.07) is 0. The summed E-state index contributed by atoms with van der Waals surface area (Å²) < 4.78 is 27.9. The van der Waals surface area contributed by atoms with E-state index in [0.717, 1.165) is 31.8 Å². The molecule has 0 saturated carbocycles. The lowest BCUT2D eigenvalue weighted by Gasteiger charge is -2.25. The number of hydrogen-bond acceptors (Lipinski definition) is 4. The van der Waals surface area contributed by atoms with E-state index in [2.05, 4.69) is 10.3 Å². The van der Waals surface area contributed by atoms with Crippen LogP contribution in [-0.4, -0.2) is 48.2 Å². The van der Waals surface area contributed by atoms with Gasteiger partial charge in [0, 0.05) is 26.5 Å². The van der Waals surface area contributed by atoms with Gasteiger partial charge in [-0.25, -0.2) is 13.4 Å². The number of aryl methyl sites for hydroxylation is 1. The van der Waals surface area contributed by atoms with Crippen molar-refractivity contribution in [2.75, 3.05) is 25.9 Å². The molecule has 108 valence electrons. The largest absolute Gasteiger partial charge is 0.337 e. The average molecular weight is 286 g/mol. The number of rotatable bonds is 5. The standard InChI is InChI=1S/C12H22N4O2S/c1-15-8-7-14-12(15)9-16(2)19(17,18)10-11-3-5-13-6-4-11/h7-8,11,13H,3-6,9-10H2,1-2H3. The monoisotopic (exact) mass is 286 g/mol. The highest BCUT2D eigenvalue weighted by Crippen LogP contribution is 2.16. The van der Waals surface area contributed by atoms with E-state index in [9.17, 15) is 8.42 Å². The fourth-order valence-electron chi connectivity index (χ4n) is 2.32. The number of aromatic nitrogens is 2. The minimum atomic E-state index is -3.20. The maximum Gasteiger partial charge on any atom is 0.214 e. The predicted molar refractivity (Wildman–Crippen MR) is 74.1 cm³/mol. The van der Waals surface area contributed by atoms with Crippen LogP contribution in [0.2, 0.25) is 0 Å². The van der Waals surface area contributed by atoms with Crippen molar-refractivity contribution < 1.29 is 8.42 Å². The van der Waals surface area contributed by atoms with Crippen LogP contribution in [0.5, 0.6) is 0 Å². The lowest BCUT2D eigenvalue weighted by atomic mass is 10.0. The molecule has 0 bridgehead atoms. The van der Waals surface area contributed by atoms with E-state index >= 15 is 0 Å². The van der Waals surface area contributed by atoms with Crippen LogP contribution in [0.1, 0.15) is 18.7 Å². The maximum atomic E-state index is 12.3. The average Bonchev–Trinajstić information content (AvgIpc) is 2.76. The number of nitrogens with one attached hydrogen (secondary N) is 1. The predicted octanol–water partition coefficient (Wildman–Crippen LogP) is 0.181. The summed E-state index contributed by atoms with van der Waals surface area (Å²) in [6.45, 7) is 2.17. The third kappa shape index (κ3) is 3.77. The van der Waals surface area contributed by atoms with E-state index in [1.807, 2.05) is 17.8 Å². The van der Waals surface area contributed by atoms with Crippen LogP contribution in [0.4, 0.5) is 0 Å². The molecule has 1 saturated heterocycles. The second-order valence-corrected chi connectivity index (χ2v) is 7.30. The van der Waals surface area contributed by atoms with Crippen molar-refractivity contribution in [3.63, 3.8) is 0 Å². The molecule has 0 atom stereocenters. The molecule has 19 heavy (non-hydrogen) atoms. The molecule has 0 aromatic carbocycles. The summed E-state index contributed by atoms with van der Waals surface area (Å²) in [5.41, 5.74) is 0. The van der Waals surface area contributed by atoms with Crippen LogP contribution in [0, 0.1) is 5.92 Å². The van der Waals surface area contributed by atoms with Crippen molar-refractivity contribution >= 4 is 10.0 Å².